The molecular formula is C15H14F3N3O. The molecule has 0 aliphatic carbocycles. The van der Waals surface area contributed by atoms with E-state index in [-0.39, 0.29) is 11.6 Å². The van der Waals surface area contributed by atoms with Crippen LogP contribution in [0, 0.1) is 0 Å². The number of hydrogen-bond acceptors (Lipinski definition) is 4. The van der Waals surface area contributed by atoms with Crippen LogP contribution < -0.4 is 4.74 Å². The van der Waals surface area contributed by atoms with E-state index in [0.29, 0.717) is 13.0 Å². The number of para-hydroxylation sites is 1. The van der Waals surface area contributed by atoms with Crippen molar-refractivity contribution in [3.63, 3.8) is 0 Å². The SMILES string of the molecule is CN1CCc2c(ncnc2Oc2ccccc2C(F)(F)F)C1. The van der Waals surface area contributed by atoms with E-state index in [1.54, 1.807) is 0 Å². The van der Waals surface area contributed by atoms with Crippen LogP contribution in [0.2, 0.25) is 0 Å². The maximum atomic E-state index is 13.0. The molecule has 2 heterocycles. The maximum absolute atomic E-state index is 13.0. The Kier molecular flexibility index (Phi) is 3.74. The normalized spacial score (nSPS) is 15.5. The molecule has 0 spiro atoms. The molecule has 22 heavy (non-hydrogen) atoms. The number of fused-ring (bicyclic) bond motifs is 1. The minimum atomic E-state index is -4.47. The van der Waals surface area contributed by atoms with Gasteiger partial charge in [0, 0.05) is 18.7 Å². The molecule has 0 fully saturated rings. The van der Waals surface area contributed by atoms with Crippen molar-refractivity contribution in [2.75, 3.05) is 13.6 Å². The van der Waals surface area contributed by atoms with Crippen LogP contribution in [0.4, 0.5) is 13.2 Å². The molecule has 0 N–H and O–H groups in total. The van der Waals surface area contributed by atoms with E-state index >= 15 is 0 Å². The molecular weight excluding hydrogens is 295 g/mol. The van der Waals surface area contributed by atoms with E-state index in [0.717, 1.165) is 23.9 Å². The Bertz CT molecular complexity index is 688. The highest BCUT2D eigenvalue weighted by molar-refractivity contribution is 5.41. The lowest BCUT2D eigenvalue weighted by atomic mass is 10.1. The number of halogens is 3. The van der Waals surface area contributed by atoms with Crippen LogP contribution >= 0.6 is 0 Å². The Labute approximate surface area is 125 Å². The summed E-state index contributed by atoms with van der Waals surface area (Å²) in [6.45, 7) is 1.42. The Morgan fingerprint density at radius 1 is 1.18 bits per heavy atom. The number of benzene rings is 1. The van der Waals surface area contributed by atoms with Gasteiger partial charge in [-0.15, -0.1) is 0 Å². The molecule has 0 saturated carbocycles. The molecule has 0 saturated heterocycles. The molecule has 2 aromatic rings. The smallest absolute Gasteiger partial charge is 0.419 e. The number of hydrogen-bond donors (Lipinski definition) is 0. The molecule has 0 unspecified atom stereocenters. The molecule has 3 rings (SSSR count). The molecule has 1 aromatic carbocycles. The summed E-state index contributed by atoms with van der Waals surface area (Å²) in [5.74, 6) is -0.0374. The number of aromatic nitrogens is 2. The second-order valence-corrected chi connectivity index (χ2v) is 5.19. The van der Waals surface area contributed by atoms with E-state index in [9.17, 15) is 13.2 Å². The maximum Gasteiger partial charge on any atom is 0.419 e. The zero-order valence-electron chi connectivity index (χ0n) is 11.9. The fraction of sp³-hybridized carbons (Fsp3) is 0.333. The van der Waals surface area contributed by atoms with Crippen molar-refractivity contribution in [1.29, 1.82) is 0 Å². The van der Waals surface area contributed by atoms with Crippen LogP contribution in [0.25, 0.3) is 0 Å². The minimum Gasteiger partial charge on any atom is -0.438 e. The fourth-order valence-corrected chi connectivity index (χ4v) is 2.44. The van der Waals surface area contributed by atoms with Crippen molar-refractivity contribution >= 4 is 0 Å². The summed E-state index contributed by atoms with van der Waals surface area (Å²) in [6, 6.07) is 5.13. The van der Waals surface area contributed by atoms with E-state index in [4.69, 9.17) is 4.74 Å². The second kappa shape index (κ2) is 5.57. The molecule has 4 nitrogen and oxygen atoms in total. The zero-order chi connectivity index (χ0) is 15.7. The largest absolute Gasteiger partial charge is 0.438 e. The van der Waals surface area contributed by atoms with Gasteiger partial charge < -0.3 is 9.64 Å². The molecule has 116 valence electrons. The minimum absolute atomic E-state index is 0.204. The predicted molar refractivity (Wildman–Crippen MR) is 73.6 cm³/mol. The van der Waals surface area contributed by atoms with Crippen LogP contribution in [0.3, 0.4) is 0 Å². The summed E-state index contributed by atoms with van der Waals surface area (Å²) in [5.41, 5.74) is 0.760. The van der Waals surface area contributed by atoms with E-state index in [1.807, 2.05) is 7.05 Å². The first-order valence-corrected chi connectivity index (χ1v) is 6.80. The van der Waals surface area contributed by atoms with Crippen molar-refractivity contribution in [3.05, 3.63) is 47.4 Å². The summed E-state index contributed by atoms with van der Waals surface area (Å²) >= 11 is 0. The number of nitrogens with zero attached hydrogens (tertiary/aromatic N) is 3. The average Bonchev–Trinajstić information content (AvgIpc) is 2.46. The first-order chi connectivity index (χ1) is 10.4. The van der Waals surface area contributed by atoms with Gasteiger partial charge in [-0.1, -0.05) is 12.1 Å². The molecule has 1 aliphatic rings. The lowest BCUT2D eigenvalue weighted by Crippen LogP contribution is -2.28. The van der Waals surface area contributed by atoms with Gasteiger partial charge in [0.05, 0.1) is 11.3 Å². The van der Waals surface area contributed by atoms with Gasteiger partial charge >= 0.3 is 6.18 Å². The lowest BCUT2D eigenvalue weighted by molar-refractivity contribution is -0.138. The van der Waals surface area contributed by atoms with Gasteiger partial charge in [0.15, 0.2) is 0 Å². The number of ether oxygens (including phenoxy) is 1. The number of likely N-dealkylation sites (N-methyl/N-ethyl adjacent to an activating group) is 1. The Balaban J connectivity index is 1.97. The van der Waals surface area contributed by atoms with Gasteiger partial charge in [-0.2, -0.15) is 13.2 Å². The molecule has 1 aromatic heterocycles. The second-order valence-electron chi connectivity index (χ2n) is 5.19. The van der Waals surface area contributed by atoms with Gasteiger partial charge in [-0.3, -0.25) is 0 Å². The molecule has 7 heteroatoms. The van der Waals surface area contributed by atoms with E-state index in [1.165, 1.54) is 24.5 Å². The quantitative estimate of drug-likeness (QED) is 0.853. The van der Waals surface area contributed by atoms with E-state index < -0.39 is 11.7 Å². The molecule has 0 bridgehead atoms. The Morgan fingerprint density at radius 3 is 2.73 bits per heavy atom. The van der Waals surface area contributed by atoms with Crippen LogP contribution in [-0.2, 0) is 19.1 Å². The molecule has 0 amide bonds. The highest BCUT2D eigenvalue weighted by atomic mass is 19.4. The third kappa shape index (κ3) is 2.89. The van der Waals surface area contributed by atoms with Crippen LogP contribution in [0.15, 0.2) is 30.6 Å². The van der Waals surface area contributed by atoms with Gasteiger partial charge in [0.2, 0.25) is 5.88 Å². The zero-order valence-corrected chi connectivity index (χ0v) is 11.9. The summed E-state index contributed by atoms with van der Waals surface area (Å²) in [5, 5.41) is 0. The first kappa shape index (κ1) is 14.8. The summed E-state index contributed by atoms with van der Waals surface area (Å²) < 4.78 is 44.5. The van der Waals surface area contributed by atoms with Crippen molar-refractivity contribution in [1.82, 2.24) is 14.9 Å². The van der Waals surface area contributed by atoms with Gasteiger partial charge in [0.1, 0.15) is 12.1 Å². The molecule has 1 aliphatic heterocycles. The Morgan fingerprint density at radius 2 is 1.95 bits per heavy atom. The summed E-state index contributed by atoms with van der Waals surface area (Å²) in [4.78, 5) is 10.3. The van der Waals surface area contributed by atoms with Gasteiger partial charge in [-0.05, 0) is 25.6 Å². The number of rotatable bonds is 2. The first-order valence-electron chi connectivity index (χ1n) is 6.80. The van der Waals surface area contributed by atoms with Gasteiger partial charge in [-0.25, -0.2) is 9.97 Å². The number of alkyl halides is 3. The molecule has 0 radical (unpaired) electrons. The average molecular weight is 309 g/mol. The van der Waals surface area contributed by atoms with Crippen LogP contribution in [-0.4, -0.2) is 28.5 Å². The van der Waals surface area contributed by atoms with E-state index in [2.05, 4.69) is 14.9 Å². The monoisotopic (exact) mass is 309 g/mol. The summed E-state index contributed by atoms with van der Waals surface area (Å²) in [6.07, 6.45) is -2.50. The van der Waals surface area contributed by atoms with Crippen LogP contribution in [0.5, 0.6) is 11.6 Å². The standard InChI is InChI=1S/C15H14F3N3O/c1-21-7-6-10-12(8-21)19-9-20-14(10)22-13-5-3-2-4-11(13)15(16,17)18/h2-5,9H,6-8H2,1H3. The summed E-state index contributed by atoms with van der Waals surface area (Å²) in [7, 11) is 1.96. The lowest BCUT2D eigenvalue weighted by Gasteiger charge is -2.25. The predicted octanol–water partition coefficient (Wildman–Crippen LogP) is 3.28. The van der Waals surface area contributed by atoms with Crippen molar-refractivity contribution in [2.24, 2.45) is 0 Å². The topological polar surface area (TPSA) is 38.2 Å². The van der Waals surface area contributed by atoms with Crippen molar-refractivity contribution < 1.29 is 17.9 Å². The third-order valence-electron chi connectivity index (χ3n) is 3.56. The van der Waals surface area contributed by atoms with Crippen molar-refractivity contribution in [3.8, 4) is 11.6 Å². The highest BCUT2D eigenvalue weighted by Gasteiger charge is 2.34. The fourth-order valence-electron chi connectivity index (χ4n) is 2.44. The highest BCUT2D eigenvalue weighted by Crippen LogP contribution is 2.38. The molecule has 0 atom stereocenters. The Hall–Kier alpha value is -2.15. The third-order valence-corrected chi connectivity index (χ3v) is 3.56. The van der Waals surface area contributed by atoms with Gasteiger partial charge in [0.25, 0.3) is 0 Å². The van der Waals surface area contributed by atoms with Crippen LogP contribution in [0.1, 0.15) is 16.8 Å². The van der Waals surface area contributed by atoms with Crippen molar-refractivity contribution in [2.45, 2.75) is 19.1 Å².